The van der Waals surface area contributed by atoms with Gasteiger partial charge in [0, 0.05) is 26.2 Å². The number of esters is 1. The summed E-state index contributed by atoms with van der Waals surface area (Å²) in [6.45, 7) is 8.06. The molecule has 0 aliphatic carbocycles. The lowest BCUT2D eigenvalue weighted by atomic mass is 10.4. The monoisotopic (exact) mass is 243 g/mol. The molecule has 1 heterocycles. The Kier molecular flexibility index (Phi) is 5.76. The number of urea groups is 1. The molecule has 1 aliphatic rings. The molecule has 0 bridgehead atoms. The van der Waals surface area contributed by atoms with E-state index in [1.54, 1.807) is 11.8 Å². The summed E-state index contributed by atoms with van der Waals surface area (Å²) in [5, 5.41) is 2.75. The molecular weight excluding hydrogens is 222 g/mol. The summed E-state index contributed by atoms with van der Waals surface area (Å²) in [7, 11) is 0. The van der Waals surface area contributed by atoms with Crippen molar-refractivity contribution in [3.63, 3.8) is 0 Å². The fourth-order valence-corrected chi connectivity index (χ4v) is 1.72. The minimum Gasteiger partial charge on any atom is -0.465 e. The zero-order valence-corrected chi connectivity index (χ0v) is 10.6. The number of amides is 2. The van der Waals surface area contributed by atoms with Crippen LogP contribution >= 0.6 is 0 Å². The zero-order chi connectivity index (χ0) is 12.7. The van der Waals surface area contributed by atoms with Gasteiger partial charge < -0.3 is 15.0 Å². The van der Waals surface area contributed by atoms with Crippen molar-refractivity contribution in [3.05, 3.63) is 0 Å². The summed E-state index contributed by atoms with van der Waals surface area (Å²) in [6.07, 6.45) is 0. The van der Waals surface area contributed by atoms with Gasteiger partial charge in [-0.25, -0.2) is 4.79 Å². The summed E-state index contributed by atoms with van der Waals surface area (Å²) >= 11 is 0. The average Bonchev–Trinajstić information content (AvgIpc) is 2.70. The standard InChI is InChI=1S/C11H21N3O3/c1-3-13(9-10(15)17-4-2)7-8-14-6-5-12-11(14)16/h3-9H2,1-2H3,(H,12,16). The number of rotatable bonds is 7. The first kappa shape index (κ1) is 13.8. The molecule has 0 aromatic heterocycles. The van der Waals surface area contributed by atoms with Gasteiger partial charge in [-0.2, -0.15) is 0 Å². The van der Waals surface area contributed by atoms with E-state index in [9.17, 15) is 9.59 Å². The van der Waals surface area contributed by atoms with E-state index in [0.29, 0.717) is 32.8 Å². The van der Waals surface area contributed by atoms with Gasteiger partial charge in [-0.15, -0.1) is 0 Å². The summed E-state index contributed by atoms with van der Waals surface area (Å²) in [6, 6.07) is -0.0165. The molecule has 1 saturated heterocycles. The Balaban J connectivity index is 2.26. The van der Waals surface area contributed by atoms with Gasteiger partial charge in [-0.1, -0.05) is 6.92 Å². The summed E-state index contributed by atoms with van der Waals surface area (Å²) in [5.41, 5.74) is 0. The molecule has 0 unspecified atom stereocenters. The second-order valence-electron chi connectivity index (χ2n) is 3.89. The number of carbonyl (C=O) groups is 2. The van der Waals surface area contributed by atoms with Gasteiger partial charge in [-0.05, 0) is 13.5 Å². The van der Waals surface area contributed by atoms with Crippen LogP contribution in [-0.2, 0) is 9.53 Å². The van der Waals surface area contributed by atoms with E-state index >= 15 is 0 Å². The molecule has 1 N–H and O–H groups in total. The highest BCUT2D eigenvalue weighted by Gasteiger charge is 2.20. The number of nitrogens with zero attached hydrogens (tertiary/aromatic N) is 2. The molecule has 6 nitrogen and oxygen atoms in total. The Morgan fingerprint density at radius 3 is 2.82 bits per heavy atom. The molecule has 0 atom stereocenters. The van der Waals surface area contributed by atoms with E-state index in [-0.39, 0.29) is 12.0 Å². The fourth-order valence-electron chi connectivity index (χ4n) is 1.72. The van der Waals surface area contributed by atoms with E-state index in [1.165, 1.54) is 0 Å². The third kappa shape index (κ3) is 4.60. The molecule has 1 rings (SSSR count). The predicted molar refractivity (Wildman–Crippen MR) is 63.7 cm³/mol. The van der Waals surface area contributed by atoms with Crippen LogP contribution in [-0.4, -0.2) is 67.7 Å². The molecule has 0 aromatic carbocycles. The minimum absolute atomic E-state index is 0.0165. The molecule has 6 heteroatoms. The summed E-state index contributed by atoms with van der Waals surface area (Å²) in [4.78, 5) is 26.4. The zero-order valence-electron chi connectivity index (χ0n) is 10.6. The molecule has 2 amide bonds. The second kappa shape index (κ2) is 7.11. The Morgan fingerprint density at radius 1 is 1.53 bits per heavy atom. The van der Waals surface area contributed by atoms with Crippen LogP contribution < -0.4 is 5.32 Å². The van der Waals surface area contributed by atoms with Crippen molar-refractivity contribution in [2.24, 2.45) is 0 Å². The van der Waals surface area contributed by atoms with Gasteiger partial charge in [0.05, 0.1) is 13.2 Å². The lowest BCUT2D eigenvalue weighted by Gasteiger charge is -2.22. The van der Waals surface area contributed by atoms with E-state index in [1.807, 2.05) is 11.8 Å². The van der Waals surface area contributed by atoms with Crippen molar-refractivity contribution in [2.75, 3.05) is 45.9 Å². The van der Waals surface area contributed by atoms with Crippen LogP contribution in [0.25, 0.3) is 0 Å². The van der Waals surface area contributed by atoms with Crippen LogP contribution in [0.5, 0.6) is 0 Å². The first-order chi connectivity index (χ1) is 8.17. The Labute approximate surface area is 102 Å². The van der Waals surface area contributed by atoms with Crippen molar-refractivity contribution in [3.8, 4) is 0 Å². The van der Waals surface area contributed by atoms with Crippen LogP contribution in [0.15, 0.2) is 0 Å². The van der Waals surface area contributed by atoms with Crippen molar-refractivity contribution in [1.29, 1.82) is 0 Å². The van der Waals surface area contributed by atoms with Gasteiger partial charge in [0.2, 0.25) is 0 Å². The van der Waals surface area contributed by atoms with Crippen LogP contribution in [0.2, 0.25) is 0 Å². The quantitative estimate of drug-likeness (QED) is 0.634. The molecule has 0 aromatic rings. The van der Waals surface area contributed by atoms with Crippen molar-refractivity contribution in [1.82, 2.24) is 15.1 Å². The van der Waals surface area contributed by atoms with Crippen LogP contribution in [0, 0.1) is 0 Å². The minimum atomic E-state index is -0.208. The molecular formula is C11H21N3O3. The molecule has 0 radical (unpaired) electrons. The normalized spacial score (nSPS) is 15.2. The van der Waals surface area contributed by atoms with Crippen LogP contribution in [0.4, 0.5) is 4.79 Å². The predicted octanol–water partition coefficient (Wildman–Crippen LogP) is -0.103. The highest BCUT2D eigenvalue weighted by Crippen LogP contribution is 1.98. The van der Waals surface area contributed by atoms with Crippen molar-refractivity contribution in [2.45, 2.75) is 13.8 Å². The van der Waals surface area contributed by atoms with E-state index in [0.717, 1.165) is 13.1 Å². The van der Waals surface area contributed by atoms with Crippen molar-refractivity contribution < 1.29 is 14.3 Å². The summed E-state index contributed by atoms with van der Waals surface area (Å²) in [5.74, 6) is -0.208. The SMILES string of the molecule is CCOC(=O)CN(CC)CCN1CCNC1=O. The first-order valence-electron chi connectivity index (χ1n) is 6.08. The topological polar surface area (TPSA) is 61.9 Å². The smallest absolute Gasteiger partial charge is 0.320 e. The molecule has 17 heavy (non-hydrogen) atoms. The number of hydrogen-bond donors (Lipinski definition) is 1. The van der Waals surface area contributed by atoms with Gasteiger partial charge in [0.15, 0.2) is 0 Å². The van der Waals surface area contributed by atoms with Gasteiger partial charge in [0.1, 0.15) is 0 Å². The van der Waals surface area contributed by atoms with Crippen LogP contribution in [0.3, 0.4) is 0 Å². The highest BCUT2D eigenvalue weighted by atomic mass is 16.5. The second-order valence-corrected chi connectivity index (χ2v) is 3.89. The summed E-state index contributed by atoms with van der Waals surface area (Å²) < 4.78 is 4.89. The largest absolute Gasteiger partial charge is 0.465 e. The van der Waals surface area contributed by atoms with E-state index < -0.39 is 0 Å². The Bertz CT molecular complexity index is 271. The Morgan fingerprint density at radius 2 is 2.29 bits per heavy atom. The lowest BCUT2D eigenvalue weighted by Crippen LogP contribution is -2.39. The highest BCUT2D eigenvalue weighted by molar-refractivity contribution is 5.76. The number of hydrogen-bond acceptors (Lipinski definition) is 4. The number of ether oxygens (including phenoxy) is 1. The maximum Gasteiger partial charge on any atom is 0.320 e. The maximum absolute atomic E-state index is 11.3. The maximum atomic E-state index is 11.3. The molecule has 98 valence electrons. The van der Waals surface area contributed by atoms with Crippen LogP contribution in [0.1, 0.15) is 13.8 Å². The third-order valence-electron chi connectivity index (χ3n) is 2.74. The molecule has 1 fully saturated rings. The Hall–Kier alpha value is -1.30. The fraction of sp³-hybridized carbons (Fsp3) is 0.818. The lowest BCUT2D eigenvalue weighted by molar-refractivity contribution is -0.144. The number of likely N-dealkylation sites (N-methyl/N-ethyl adjacent to an activating group) is 1. The average molecular weight is 243 g/mol. The van der Waals surface area contributed by atoms with E-state index in [2.05, 4.69) is 5.32 Å². The van der Waals surface area contributed by atoms with E-state index in [4.69, 9.17) is 4.74 Å². The van der Waals surface area contributed by atoms with Gasteiger partial charge in [0.25, 0.3) is 0 Å². The van der Waals surface area contributed by atoms with Gasteiger partial charge in [-0.3, -0.25) is 9.69 Å². The molecule has 0 saturated carbocycles. The van der Waals surface area contributed by atoms with Crippen molar-refractivity contribution >= 4 is 12.0 Å². The number of carbonyl (C=O) groups excluding carboxylic acids is 2. The first-order valence-corrected chi connectivity index (χ1v) is 6.08. The molecule has 0 spiro atoms. The van der Waals surface area contributed by atoms with Gasteiger partial charge >= 0.3 is 12.0 Å². The number of nitrogens with one attached hydrogen (secondary N) is 1. The molecule has 1 aliphatic heterocycles. The third-order valence-corrected chi connectivity index (χ3v) is 2.74.